The van der Waals surface area contributed by atoms with E-state index in [2.05, 4.69) is 39.7 Å². The van der Waals surface area contributed by atoms with Crippen molar-refractivity contribution in [2.24, 2.45) is 0 Å². The first-order chi connectivity index (χ1) is 10.3. The fourth-order valence-electron chi connectivity index (χ4n) is 3.32. The SMILES string of the molecule is Cc1conc1CNC1CCCc2c1[nH]c1ccccc21. The summed E-state index contributed by atoms with van der Waals surface area (Å²) in [6.07, 6.45) is 5.26. The van der Waals surface area contributed by atoms with E-state index in [9.17, 15) is 0 Å². The molecule has 0 saturated heterocycles. The van der Waals surface area contributed by atoms with E-state index in [1.165, 1.54) is 35.0 Å². The number of aryl methyl sites for hydroxylation is 2. The van der Waals surface area contributed by atoms with Crippen molar-refractivity contribution in [1.82, 2.24) is 15.5 Å². The molecule has 0 radical (unpaired) electrons. The van der Waals surface area contributed by atoms with Crippen molar-refractivity contribution in [2.75, 3.05) is 0 Å². The highest BCUT2D eigenvalue weighted by atomic mass is 16.5. The van der Waals surface area contributed by atoms with Gasteiger partial charge in [-0.15, -0.1) is 0 Å². The molecular formula is C17H19N3O. The van der Waals surface area contributed by atoms with Crippen LogP contribution in [0, 0.1) is 6.92 Å². The van der Waals surface area contributed by atoms with Crippen molar-refractivity contribution in [3.8, 4) is 0 Å². The highest BCUT2D eigenvalue weighted by Gasteiger charge is 2.24. The molecule has 108 valence electrons. The summed E-state index contributed by atoms with van der Waals surface area (Å²) in [7, 11) is 0. The van der Waals surface area contributed by atoms with Crippen molar-refractivity contribution in [3.63, 3.8) is 0 Å². The van der Waals surface area contributed by atoms with Crippen molar-refractivity contribution in [1.29, 1.82) is 0 Å². The quantitative estimate of drug-likeness (QED) is 0.770. The van der Waals surface area contributed by atoms with Crippen LogP contribution in [0.4, 0.5) is 0 Å². The van der Waals surface area contributed by atoms with Crippen molar-refractivity contribution in [3.05, 3.63) is 53.0 Å². The molecule has 3 aromatic rings. The van der Waals surface area contributed by atoms with Crippen LogP contribution in [0.3, 0.4) is 0 Å². The second-order valence-corrected chi connectivity index (χ2v) is 5.83. The highest BCUT2D eigenvalue weighted by Crippen LogP contribution is 2.34. The molecule has 1 unspecified atom stereocenters. The molecule has 0 bridgehead atoms. The lowest BCUT2D eigenvalue weighted by Gasteiger charge is -2.23. The maximum absolute atomic E-state index is 5.00. The number of hydrogen-bond donors (Lipinski definition) is 2. The molecular weight excluding hydrogens is 262 g/mol. The summed E-state index contributed by atoms with van der Waals surface area (Å²) >= 11 is 0. The number of nitrogens with zero attached hydrogens (tertiary/aromatic N) is 1. The zero-order chi connectivity index (χ0) is 14.2. The van der Waals surface area contributed by atoms with Gasteiger partial charge in [-0.2, -0.15) is 0 Å². The van der Waals surface area contributed by atoms with Gasteiger partial charge in [-0.3, -0.25) is 0 Å². The molecule has 2 heterocycles. The van der Waals surface area contributed by atoms with Gasteiger partial charge in [0.15, 0.2) is 0 Å². The Labute approximate surface area is 123 Å². The molecule has 0 fully saturated rings. The molecule has 0 spiro atoms. The van der Waals surface area contributed by atoms with E-state index >= 15 is 0 Å². The smallest absolute Gasteiger partial charge is 0.127 e. The minimum Gasteiger partial charge on any atom is -0.364 e. The zero-order valence-electron chi connectivity index (χ0n) is 12.1. The van der Waals surface area contributed by atoms with Crippen LogP contribution < -0.4 is 5.32 Å². The van der Waals surface area contributed by atoms with Crippen molar-refractivity contribution < 1.29 is 4.52 Å². The Hall–Kier alpha value is -2.07. The second kappa shape index (κ2) is 5.04. The van der Waals surface area contributed by atoms with Gasteiger partial charge in [-0.25, -0.2) is 0 Å². The van der Waals surface area contributed by atoms with Crippen LogP contribution in [-0.2, 0) is 13.0 Å². The number of aromatic nitrogens is 2. The van der Waals surface area contributed by atoms with Gasteiger partial charge in [0, 0.05) is 34.7 Å². The molecule has 4 nitrogen and oxygen atoms in total. The lowest BCUT2D eigenvalue weighted by Crippen LogP contribution is -2.25. The number of benzene rings is 1. The van der Waals surface area contributed by atoms with Gasteiger partial charge in [0.05, 0.1) is 0 Å². The third kappa shape index (κ3) is 2.16. The van der Waals surface area contributed by atoms with Crippen LogP contribution in [-0.4, -0.2) is 10.1 Å². The number of nitrogens with one attached hydrogen (secondary N) is 2. The number of para-hydroxylation sites is 1. The minimum absolute atomic E-state index is 0.372. The van der Waals surface area contributed by atoms with Crippen LogP contribution in [0.1, 0.15) is 41.4 Å². The second-order valence-electron chi connectivity index (χ2n) is 5.83. The Kier molecular flexibility index (Phi) is 3.04. The van der Waals surface area contributed by atoms with Crippen molar-refractivity contribution in [2.45, 2.75) is 38.8 Å². The highest BCUT2D eigenvalue weighted by molar-refractivity contribution is 5.85. The third-order valence-electron chi connectivity index (χ3n) is 4.48. The van der Waals surface area contributed by atoms with Gasteiger partial charge in [0.1, 0.15) is 12.0 Å². The molecule has 1 aliphatic rings. The Morgan fingerprint density at radius 1 is 1.38 bits per heavy atom. The van der Waals surface area contributed by atoms with Crippen LogP contribution >= 0.6 is 0 Å². The predicted octanol–water partition coefficient (Wildman–Crippen LogP) is 3.63. The summed E-state index contributed by atoms with van der Waals surface area (Å²) in [5.41, 5.74) is 6.18. The van der Waals surface area contributed by atoms with Gasteiger partial charge in [-0.05, 0) is 37.8 Å². The van der Waals surface area contributed by atoms with Crippen LogP contribution in [0.25, 0.3) is 10.9 Å². The first kappa shape index (κ1) is 12.7. The molecule has 4 rings (SSSR count). The summed E-state index contributed by atoms with van der Waals surface area (Å²) in [6.45, 7) is 2.78. The van der Waals surface area contributed by atoms with E-state index in [1.807, 2.05) is 6.92 Å². The average molecular weight is 281 g/mol. The summed E-state index contributed by atoms with van der Waals surface area (Å²) in [6, 6.07) is 8.95. The third-order valence-corrected chi connectivity index (χ3v) is 4.48. The Morgan fingerprint density at radius 2 is 2.29 bits per heavy atom. The van der Waals surface area contributed by atoms with Crippen LogP contribution in [0.2, 0.25) is 0 Å². The molecule has 4 heteroatoms. The molecule has 2 aromatic heterocycles. The van der Waals surface area contributed by atoms with Crippen LogP contribution in [0.5, 0.6) is 0 Å². The van der Waals surface area contributed by atoms with Gasteiger partial charge in [0.25, 0.3) is 0 Å². The summed E-state index contributed by atoms with van der Waals surface area (Å²) in [5.74, 6) is 0. The largest absolute Gasteiger partial charge is 0.364 e. The molecule has 0 saturated carbocycles. The summed E-state index contributed by atoms with van der Waals surface area (Å²) < 4.78 is 5.00. The Morgan fingerprint density at radius 3 is 3.14 bits per heavy atom. The molecule has 21 heavy (non-hydrogen) atoms. The van der Waals surface area contributed by atoms with E-state index < -0.39 is 0 Å². The van der Waals surface area contributed by atoms with E-state index in [0.29, 0.717) is 6.04 Å². The molecule has 1 aliphatic carbocycles. The molecule has 0 amide bonds. The first-order valence-electron chi connectivity index (χ1n) is 7.55. The number of aromatic amines is 1. The Bertz CT molecular complexity index is 771. The maximum atomic E-state index is 5.00. The summed E-state index contributed by atoms with van der Waals surface area (Å²) in [5, 5.41) is 9.05. The Balaban J connectivity index is 1.62. The topological polar surface area (TPSA) is 53.9 Å². The predicted molar refractivity (Wildman–Crippen MR) is 82.1 cm³/mol. The van der Waals surface area contributed by atoms with Gasteiger partial charge in [-0.1, -0.05) is 23.4 Å². The van der Waals surface area contributed by atoms with E-state index in [1.54, 1.807) is 6.26 Å². The molecule has 1 aromatic carbocycles. The van der Waals surface area contributed by atoms with Crippen LogP contribution in [0.15, 0.2) is 35.1 Å². The van der Waals surface area contributed by atoms with Gasteiger partial charge >= 0.3 is 0 Å². The first-order valence-corrected chi connectivity index (χ1v) is 7.55. The molecule has 2 N–H and O–H groups in total. The number of fused-ring (bicyclic) bond motifs is 3. The fourth-order valence-corrected chi connectivity index (χ4v) is 3.32. The molecule has 0 aliphatic heterocycles. The number of rotatable bonds is 3. The monoisotopic (exact) mass is 281 g/mol. The molecule has 1 atom stereocenters. The van der Waals surface area contributed by atoms with E-state index in [-0.39, 0.29) is 0 Å². The summed E-state index contributed by atoms with van der Waals surface area (Å²) in [4.78, 5) is 3.60. The maximum Gasteiger partial charge on any atom is 0.127 e. The van der Waals surface area contributed by atoms with E-state index in [0.717, 1.165) is 24.2 Å². The minimum atomic E-state index is 0.372. The number of H-pyrrole nitrogens is 1. The number of hydrogen-bond acceptors (Lipinski definition) is 3. The van der Waals surface area contributed by atoms with Gasteiger partial charge < -0.3 is 14.8 Å². The fraction of sp³-hybridized carbons (Fsp3) is 0.353. The zero-order valence-corrected chi connectivity index (χ0v) is 12.1. The lowest BCUT2D eigenvalue weighted by atomic mass is 9.91. The standard InChI is InChI=1S/C17H19N3O/c1-11-10-21-20-16(11)9-18-15-8-4-6-13-12-5-2-3-7-14(12)19-17(13)15/h2-3,5,7,10,15,18-19H,4,6,8-9H2,1H3. The average Bonchev–Trinajstić information content (AvgIpc) is 3.09. The lowest BCUT2D eigenvalue weighted by molar-refractivity contribution is 0.397. The van der Waals surface area contributed by atoms with Crippen molar-refractivity contribution >= 4 is 10.9 Å². The van der Waals surface area contributed by atoms with Gasteiger partial charge in [0.2, 0.25) is 0 Å². The normalized spacial score (nSPS) is 18.0. The van der Waals surface area contributed by atoms with E-state index in [4.69, 9.17) is 4.52 Å².